The minimum Gasteiger partial charge on any atom is -0.0949 e. The van der Waals surface area contributed by atoms with E-state index in [1.807, 2.05) is 0 Å². The quantitative estimate of drug-likeness (QED) is 0.442. The molecule has 126 valence electrons. The molecule has 0 bridgehead atoms. The summed E-state index contributed by atoms with van der Waals surface area (Å²) in [5.41, 5.74) is 3.07. The van der Waals surface area contributed by atoms with Crippen molar-refractivity contribution in [2.24, 2.45) is 0 Å². The maximum Gasteiger partial charge on any atom is 0.161 e. The third-order valence-electron chi connectivity index (χ3n) is 4.93. The normalized spacial score (nSPS) is 20.0. The van der Waals surface area contributed by atoms with E-state index in [2.05, 4.69) is 81.9 Å². The van der Waals surface area contributed by atoms with Gasteiger partial charge in [0.25, 0.3) is 0 Å². The molecule has 2 unspecified atom stereocenters. The molecule has 0 heterocycles. The van der Waals surface area contributed by atoms with Crippen LogP contribution in [0.3, 0.4) is 0 Å². The maximum absolute atomic E-state index is 4.43. The molecule has 0 aliphatic heterocycles. The van der Waals surface area contributed by atoms with E-state index in [1.165, 1.54) is 46.6 Å². The van der Waals surface area contributed by atoms with Crippen LogP contribution in [0.15, 0.2) is 76.5 Å². The Morgan fingerprint density at radius 1 is 0.875 bits per heavy atom. The Balaban J connectivity index is 2.00. The zero-order valence-electron chi connectivity index (χ0n) is 15.2. The van der Waals surface area contributed by atoms with E-state index in [0.29, 0.717) is 5.25 Å². The van der Waals surface area contributed by atoms with E-state index in [-0.39, 0.29) is 16.3 Å². The Kier molecular flexibility index (Phi) is 5.20. The first-order valence-corrected chi connectivity index (χ1v) is 10.3. The summed E-state index contributed by atoms with van der Waals surface area (Å²) in [4.78, 5) is 2.91. The van der Waals surface area contributed by atoms with Crippen LogP contribution in [-0.4, -0.2) is 5.25 Å². The van der Waals surface area contributed by atoms with Gasteiger partial charge in [0.15, 0.2) is 9.79 Å². The Morgan fingerprint density at radius 3 is 2.08 bits per heavy atom. The predicted octanol–water partition coefficient (Wildman–Crippen LogP) is 6.52. The fourth-order valence-corrected chi connectivity index (χ4v) is 6.13. The summed E-state index contributed by atoms with van der Waals surface area (Å²) in [6.45, 7) is 11.3. The molecule has 2 aromatic rings. The molecule has 1 heteroatoms. The smallest absolute Gasteiger partial charge is 0.0949 e. The molecule has 0 spiro atoms. The fraction of sp³-hybridized carbons (Fsp3) is 0.391. The van der Waals surface area contributed by atoms with Crippen LogP contribution in [0.1, 0.15) is 52.0 Å². The van der Waals surface area contributed by atoms with Crippen molar-refractivity contribution >= 4 is 10.9 Å². The molecule has 0 saturated heterocycles. The molecule has 2 aromatic carbocycles. The summed E-state index contributed by atoms with van der Waals surface area (Å²) in [7, 11) is 0.0976. The van der Waals surface area contributed by atoms with E-state index in [0.717, 1.165) is 0 Å². The summed E-state index contributed by atoms with van der Waals surface area (Å²) in [5.74, 6) is 0. The third kappa shape index (κ3) is 3.78. The molecule has 0 amide bonds. The molecule has 24 heavy (non-hydrogen) atoms. The van der Waals surface area contributed by atoms with Crippen molar-refractivity contribution in [1.29, 1.82) is 0 Å². The molecule has 1 fully saturated rings. The van der Waals surface area contributed by atoms with Crippen molar-refractivity contribution in [3.8, 4) is 0 Å². The molecule has 0 nitrogen and oxygen atoms in total. The summed E-state index contributed by atoms with van der Waals surface area (Å²) in [6.07, 6.45) is 5.11. The minimum absolute atomic E-state index is 0.0976. The van der Waals surface area contributed by atoms with Gasteiger partial charge in [-0.3, -0.25) is 0 Å². The molecule has 0 radical (unpaired) electrons. The number of hydrogen-bond donors (Lipinski definition) is 0. The third-order valence-corrected chi connectivity index (χ3v) is 7.62. The van der Waals surface area contributed by atoms with Crippen molar-refractivity contribution in [3.63, 3.8) is 0 Å². The number of hydrogen-bond acceptors (Lipinski definition) is 0. The molecule has 0 aromatic heterocycles. The SMILES string of the molecule is C=C1CCCCC1[S+](c1ccccc1)c1ccc(C(C)(C)C)cc1. The van der Waals surface area contributed by atoms with Crippen LogP contribution in [0, 0.1) is 0 Å². The van der Waals surface area contributed by atoms with Crippen molar-refractivity contribution < 1.29 is 0 Å². The molecule has 2 atom stereocenters. The van der Waals surface area contributed by atoms with Gasteiger partial charge in [-0.25, -0.2) is 0 Å². The molecule has 0 N–H and O–H groups in total. The molecule has 1 saturated carbocycles. The summed E-state index contributed by atoms with van der Waals surface area (Å²) in [5, 5.41) is 0.599. The highest BCUT2D eigenvalue weighted by molar-refractivity contribution is 7.97. The second-order valence-electron chi connectivity index (χ2n) is 7.82. The van der Waals surface area contributed by atoms with E-state index >= 15 is 0 Å². The zero-order valence-corrected chi connectivity index (χ0v) is 16.0. The first kappa shape index (κ1) is 17.4. The maximum atomic E-state index is 4.43. The first-order chi connectivity index (χ1) is 11.5. The molecule has 1 aliphatic carbocycles. The predicted molar refractivity (Wildman–Crippen MR) is 107 cm³/mol. The van der Waals surface area contributed by atoms with Crippen molar-refractivity contribution in [2.45, 2.75) is 66.9 Å². The van der Waals surface area contributed by atoms with Gasteiger partial charge in [0.1, 0.15) is 5.25 Å². The van der Waals surface area contributed by atoms with Gasteiger partial charge < -0.3 is 0 Å². The van der Waals surface area contributed by atoms with Crippen molar-refractivity contribution in [2.75, 3.05) is 0 Å². The van der Waals surface area contributed by atoms with Gasteiger partial charge in [-0.15, -0.1) is 0 Å². The summed E-state index contributed by atoms with van der Waals surface area (Å²) < 4.78 is 0. The molecular weight excluding hydrogens is 308 g/mol. The molecule has 3 rings (SSSR count). The second kappa shape index (κ2) is 7.19. The van der Waals surface area contributed by atoms with Crippen LogP contribution in [-0.2, 0) is 16.3 Å². The standard InChI is InChI=1S/C23H29S/c1-18-10-8-9-13-22(18)24(20-11-6-5-7-12-20)21-16-14-19(15-17-21)23(2,3)4/h5-7,11-12,14-17,22H,1,8-10,13H2,2-4H3/q+1. The van der Waals surface area contributed by atoms with Gasteiger partial charge >= 0.3 is 0 Å². The highest BCUT2D eigenvalue weighted by Crippen LogP contribution is 2.38. The van der Waals surface area contributed by atoms with Crippen LogP contribution < -0.4 is 0 Å². The Hall–Kier alpha value is -1.47. The van der Waals surface area contributed by atoms with E-state index in [4.69, 9.17) is 0 Å². The van der Waals surface area contributed by atoms with Gasteiger partial charge in [-0.2, -0.15) is 0 Å². The topological polar surface area (TPSA) is 0 Å². The fourth-order valence-electron chi connectivity index (χ4n) is 3.46. The van der Waals surface area contributed by atoms with Crippen LogP contribution in [0.25, 0.3) is 0 Å². The highest BCUT2D eigenvalue weighted by Gasteiger charge is 2.38. The van der Waals surface area contributed by atoms with Gasteiger partial charge in [0.05, 0.1) is 10.9 Å². The van der Waals surface area contributed by atoms with E-state index in [9.17, 15) is 0 Å². The van der Waals surface area contributed by atoms with Crippen LogP contribution in [0.4, 0.5) is 0 Å². The van der Waals surface area contributed by atoms with Crippen LogP contribution >= 0.6 is 0 Å². The van der Waals surface area contributed by atoms with Crippen molar-refractivity contribution in [3.05, 3.63) is 72.3 Å². The highest BCUT2D eigenvalue weighted by atomic mass is 32.2. The lowest BCUT2D eigenvalue weighted by Gasteiger charge is -2.25. The summed E-state index contributed by atoms with van der Waals surface area (Å²) >= 11 is 0. The number of rotatable bonds is 3. The lowest BCUT2D eigenvalue weighted by atomic mass is 9.87. The van der Waals surface area contributed by atoms with Gasteiger partial charge in [-0.05, 0) is 66.5 Å². The van der Waals surface area contributed by atoms with Gasteiger partial charge in [-0.1, -0.05) is 57.7 Å². The molecular formula is C23H29S+. The van der Waals surface area contributed by atoms with Crippen LogP contribution in [0.5, 0.6) is 0 Å². The second-order valence-corrected chi connectivity index (χ2v) is 10.0. The minimum atomic E-state index is 0.0976. The van der Waals surface area contributed by atoms with Gasteiger partial charge in [0, 0.05) is 0 Å². The van der Waals surface area contributed by atoms with Crippen molar-refractivity contribution in [1.82, 2.24) is 0 Å². The lowest BCUT2D eigenvalue weighted by Crippen LogP contribution is -2.27. The Labute approximate surface area is 150 Å². The van der Waals surface area contributed by atoms with Crippen LogP contribution in [0.2, 0.25) is 0 Å². The average Bonchev–Trinajstić information content (AvgIpc) is 2.58. The Morgan fingerprint density at radius 2 is 1.50 bits per heavy atom. The van der Waals surface area contributed by atoms with Gasteiger partial charge in [0.2, 0.25) is 0 Å². The van der Waals surface area contributed by atoms with E-state index < -0.39 is 0 Å². The monoisotopic (exact) mass is 337 g/mol. The largest absolute Gasteiger partial charge is 0.161 e. The first-order valence-electron chi connectivity index (χ1n) is 9.03. The lowest BCUT2D eigenvalue weighted by molar-refractivity contribution is 0.589. The zero-order chi connectivity index (χ0) is 17.2. The average molecular weight is 338 g/mol. The Bertz CT molecular complexity index is 676. The van der Waals surface area contributed by atoms with E-state index in [1.54, 1.807) is 0 Å². The summed E-state index contributed by atoms with van der Waals surface area (Å²) in [6, 6.07) is 20.4. The molecule has 1 aliphatic rings. The number of benzene rings is 2.